The van der Waals surface area contributed by atoms with E-state index in [2.05, 4.69) is 61.2 Å². The Morgan fingerprint density at radius 2 is 1.71 bits per heavy atom. The van der Waals surface area contributed by atoms with E-state index in [1.165, 1.54) is 5.56 Å². The van der Waals surface area contributed by atoms with Crippen LogP contribution in [0, 0.1) is 0 Å². The topological polar surface area (TPSA) is 6.48 Å². The van der Waals surface area contributed by atoms with Gasteiger partial charge in [0.2, 0.25) is 0 Å². The fourth-order valence-corrected chi connectivity index (χ4v) is 1.50. The molecule has 0 aliphatic heterocycles. The van der Waals surface area contributed by atoms with Crippen LogP contribution in [0.2, 0.25) is 0 Å². The van der Waals surface area contributed by atoms with E-state index in [1.54, 1.807) is 0 Å². The smallest absolute Gasteiger partial charge is 0.0503 e. The Hall–Kier alpha value is -0.860. The second-order valence-electron chi connectivity index (χ2n) is 3.85. The molecule has 2 nitrogen and oxygen atoms in total. The maximum atomic E-state index is 2.41. The molecule has 0 heterocycles. The van der Waals surface area contributed by atoms with Crippen molar-refractivity contribution in [2.24, 2.45) is 0 Å². The third-order valence-electron chi connectivity index (χ3n) is 2.18. The Balaban J connectivity index is 2.48. The molecule has 0 atom stereocenters. The van der Waals surface area contributed by atoms with Gasteiger partial charge in [0.25, 0.3) is 0 Å². The molecule has 0 radical (unpaired) electrons. The lowest BCUT2D eigenvalue weighted by molar-refractivity contribution is 0.176. The zero-order chi connectivity index (χ0) is 10.4. The summed E-state index contributed by atoms with van der Waals surface area (Å²) in [4.78, 5) is 4.61. The molecule has 0 unspecified atom stereocenters. The van der Waals surface area contributed by atoms with Crippen molar-refractivity contribution in [2.45, 2.75) is 13.5 Å². The van der Waals surface area contributed by atoms with Gasteiger partial charge in [-0.05, 0) is 26.2 Å². The highest BCUT2D eigenvalue weighted by molar-refractivity contribution is 5.14. The van der Waals surface area contributed by atoms with Gasteiger partial charge in [-0.25, -0.2) is 0 Å². The van der Waals surface area contributed by atoms with Crippen molar-refractivity contribution in [3.8, 4) is 0 Å². The first-order valence-corrected chi connectivity index (χ1v) is 5.13. The van der Waals surface area contributed by atoms with Crippen LogP contribution in [0.5, 0.6) is 0 Å². The highest BCUT2D eigenvalue weighted by Gasteiger charge is 2.03. The maximum Gasteiger partial charge on any atom is 0.0503 e. The Morgan fingerprint density at radius 3 is 2.21 bits per heavy atom. The molecular formula is C12H20N2. The quantitative estimate of drug-likeness (QED) is 0.659. The summed E-state index contributed by atoms with van der Waals surface area (Å²) in [5.41, 5.74) is 1.39. The molecule has 0 aromatic heterocycles. The van der Waals surface area contributed by atoms with Crippen LogP contribution in [0.25, 0.3) is 0 Å². The van der Waals surface area contributed by atoms with Crippen molar-refractivity contribution in [3.63, 3.8) is 0 Å². The summed E-state index contributed by atoms with van der Waals surface area (Å²) >= 11 is 0. The predicted molar refractivity (Wildman–Crippen MR) is 61.1 cm³/mol. The minimum Gasteiger partial charge on any atom is -0.297 e. The summed E-state index contributed by atoms with van der Waals surface area (Å²) in [5.74, 6) is 0. The molecule has 0 bridgehead atoms. The average Bonchev–Trinajstić information content (AvgIpc) is 2.17. The van der Waals surface area contributed by atoms with E-state index in [1.807, 2.05) is 0 Å². The van der Waals surface area contributed by atoms with Gasteiger partial charge < -0.3 is 0 Å². The van der Waals surface area contributed by atoms with E-state index in [4.69, 9.17) is 0 Å². The van der Waals surface area contributed by atoms with Crippen molar-refractivity contribution in [1.82, 2.24) is 9.80 Å². The van der Waals surface area contributed by atoms with Crippen LogP contribution >= 0.6 is 0 Å². The highest BCUT2D eigenvalue weighted by atomic mass is 15.3. The van der Waals surface area contributed by atoms with Gasteiger partial charge in [-0.1, -0.05) is 37.3 Å². The average molecular weight is 192 g/mol. The Kier molecular flexibility index (Phi) is 4.63. The lowest BCUT2D eigenvalue weighted by Gasteiger charge is -2.24. The third kappa shape index (κ3) is 3.90. The van der Waals surface area contributed by atoms with Crippen LogP contribution in [-0.4, -0.2) is 37.1 Å². The van der Waals surface area contributed by atoms with E-state index < -0.39 is 0 Å². The SMILES string of the molecule is CCN(Cc1ccccc1)CN(C)C. The van der Waals surface area contributed by atoms with Crippen LogP contribution in [-0.2, 0) is 6.54 Å². The molecule has 0 aliphatic rings. The lowest BCUT2D eigenvalue weighted by Crippen LogP contribution is -2.32. The van der Waals surface area contributed by atoms with E-state index in [0.29, 0.717) is 0 Å². The molecule has 0 spiro atoms. The summed E-state index contributed by atoms with van der Waals surface area (Å²) in [7, 11) is 4.21. The van der Waals surface area contributed by atoms with Gasteiger partial charge in [-0.2, -0.15) is 0 Å². The van der Waals surface area contributed by atoms with E-state index in [-0.39, 0.29) is 0 Å². The van der Waals surface area contributed by atoms with Gasteiger partial charge >= 0.3 is 0 Å². The summed E-state index contributed by atoms with van der Waals surface area (Å²) in [6, 6.07) is 10.6. The first kappa shape index (κ1) is 11.2. The number of rotatable bonds is 5. The van der Waals surface area contributed by atoms with Crippen molar-refractivity contribution in [3.05, 3.63) is 35.9 Å². The zero-order valence-electron chi connectivity index (χ0n) is 9.40. The molecule has 14 heavy (non-hydrogen) atoms. The molecule has 78 valence electrons. The Bertz CT molecular complexity index is 244. The van der Waals surface area contributed by atoms with Crippen molar-refractivity contribution >= 4 is 0 Å². The summed E-state index contributed by atoms with van der Waals surface area (Å²) in [6.07, 6.45) is 0. The lowest BCUT2D eigenvalue weighted by atomic mass is 10.2. The minimum atomic E-state index is 1.02. The largest absolute Gasteiger partial charge is 0.297 e. The zero-order valence-corrected chi connectivity index (χ0v) is 9.40. The van der Waals surface area contributed by atoms with Crippen LogP contribution in [0.15, 0.2) is 30.3 Å². The van der Waals surface area contributed by atoms with Gasteiger partial charge in [0.15, 0.2) is 0 Å². The molecule has 0 aliphatic carbocycles. The second kappa shape index (κ2) is 5.78. The van der Waals surface area contributed by atoms with Crippen molar-refractivity contribution < 1.29 is 0 Å². The Morgan fingerprint density at radius 1 is 1.07 bits per heavy atom. The normalized spacial score (nSPS) is 11.2. The fourth-order valence-electron chi connectivity index (χ4n) is 1.50. The van der Waals surface area contributed by atoms with Gasteiger partial charge in [0, 0.05) is 6.54 Å². The number of hydrogen-bond acceptors (Lipinski definition) is 2. The molecule has 0 fully saturated rings. The van der Waals surface area contributed by atoms with Crippen molar-refractivity contribution in [1.29, 1.82) is 0 Å². The number of hydrogen-bond donors (Lipinski definition) is 0. The molecule has 0 saturated heterocycles. The first-order chi connectivity index (χ1) is 6.72. The summed E-state index contributed by atoms with van der Waals surface area (Å²) in [5, 5.41) is 0. The van der Waals surface area contributed by atoms with Crippen LogP contribution in [0.1, 0.15) is 12.5 Å². The fraction of sp³-hybridized carbons (Fsp3) is 0.500. The maximum absolute atomic E-state index is 2.41. The molecule has 0 amide bonds. The van der Waals surface area contributed by atoms with Gasteiger partial charge in [0.05, 0.1) is 6.67 Å². The van der Waals surface area contributed by atoms with E-state index >= 15 is 0 Å². The molecule has 1 rings (SSSR count). The highest BCUT2D eigenvalue weighted by Crippen LogP contribution is 2.03. The van der Waals surface area contributed by atoms with E-state index in [0.717, 1.165) is 19.8 Å². The van der Waals surface area contributed by atoms with Gasteiger partial charge in [-0.3, -0.25) is 9.80 Å². The molecule has 0 saturated carbocycles. The monoisotopic (exact) mass is 192 g/mol. The molecule has 1 aromatic carbocycles. The van der Waals surface area contributed by atoms with Crippen molar-refractivity contribution in [2.75, 3.05) is 27.3 Å². The van der Waals surface area contributed by atoms with Crippen LogP contribution in [0.3, 0.4) is 0 Å². The molecular weight excluding hydrogens is 172 g/mol. The minimum absolute atomic E-state index is 1.02. The first-order valence-electron chi connectivity index (χ1n) is 5.13. The standard InChI is InChI=1S/C12H20N2/c1-4-14(11-13(2)3)10-12-8-6-5-7-9-12/h5-9H,4,10-11H2,1-3H3. The molecule has 1 aromatic rings. The predicted octanol–water partition coefficient (Wildman–Crippen LogP) is 2.03. The van der Waals surface area contributed by atoms with Gasteiger partial charge in [0.1, 0.15) is 0 Å². The van der Waals surface area contributed by atoms with Crippen LogP contribution < -0.4 is 0 Å². The molecule has 2 heteroatoms. The number of nitrogens with zero attached hydrogens (tertiary/aromatic N) is 2. The summed E-state index contributed by atoms with van der Waals surface area (Å²) in [6.45, 7) is 5.35. The second-order valence-corrected chi connectivity index (χ2v) is 3.85. The number of benzene rings is 1. The Labute approximate surface area is 87.1 Å². The molecule has 0 N–H and O–H groups in total. The van der Waals surface area contributed by atoms with Gasteiger partial charge in [-0.15, -0.1) is 0 Å². The van der Waals surface area contributed by atoms with E-state index in [9.17, 15) is 0 Å². The summed E-state index contributed by atoms with van der Waals surface area (Å²) < 4.78 is 0. The third-order valence-corrected chi connectivity index (χ3v) is 2.18. The van der Waals surface area contributed by atoms with Crippen LogP contribution in [0.4, 0.5) is 0 Å².